The van der Waals surface area contributed by atoms with Gasteiger partial charge >= 0.3 is 5.97 Å². The van der Waals surface area contributed by atoms with Crippen molar-refractivity contribution in [2.24, 2.45) is 0 Å². The van der Waals surface area contributed by atoms with Crippen LogP contribution in [0.15, 0.2) is 17.5 Å². The zero-order valence-corrected chi connectivity index (χ0v) is 10.1. The molecule has 2 heterocycles. The lowest BCUT2D eigenvalue weighted by molar-refractivity contribution is -0.143. The molecule has 0 bridgehead atoms. The van der Waals surface area contributed by atoms with E-state index in [1.165, 1.54) is 11.3 Å². The molecule has 1 aromatic heterocycles. The summed E-state index contributed by atoms with van der Waals surface area (Å²) in [4.78, 5) is 25.4. The fourth-order valence-electron chi connectivity index (χ4n) is 1.88. The number of nitrogens with one attached hydrogen (secondary N) is 1. The van der Waals surface area contributed by atoms with E-state index >= 15 is 0 Å². The predicted octanol–water partition coefficient (Wildman–Crippen LogP) is 0.289. The van der Waals surface area contributed by atoms with Gasteiger partial charge in [0, 0.05) is 19.6 Å². The van der Waals surface area contributed by atoms with E-state index < -0.39 is 12.0 Å². The van der Waals surface area contributed by atoms with Crippen molar-refractivity contribution in [2.75, 3.05) is 26.2 Å². The van der Waals surface area contributed by atoms with Gasteiger partial charge in [0.25, 0.3) is 0 Å². The van der Waals surface area contributed by atoms with Crippen LogP contribution >= 0.6 is 11.3 Å². The summed E-state index contributed by atoms with van der Waals surface area (Å²) in [6.45, 7) is 1.89. The Kier molecular flexibility index (Phi) is 3.88. The van der Waals surface area contributed by atoms with Gasteiger partial charge < -0.3 is 10.4 Å². The number of hydrogen-bond donors (Lipinski definition) is 2. The fourth-order valence-corrected chi connectivity index (χ4v) is 2.54. The molecule has 0 aromatic carbocycles. The SMILES string of the molecule is O=C(CN1CCNC[C@@H]1C(=O)O)c1cccs1. The number of carboxylic acids is 1. The first kappa shape index (κ1) is 12.2. The van der Waals surface area contributed by atoms with E-state index in [0.29, 0.717) is 18.0 Å². The Hall–Kier alpha value is -1.24. The van der Waals surface area contributed by atoms with Gasteiger partial charge in [0.05, 0.1) is 11.4 Å². The smallest absolute Gasteiger partial charge is 0.322 e. The van der Waals surface area contributed by atoms with Crippen molar-refractivity contribution in [3.05, 3.63) is 22.4 Å². The highest BCUT2D eigenvalue weighted by Gasteiger charge is 2.29. The summed E-state index contributed by atoms with van der Waals surface area (Å²) in [6.07, 6.45) is 0. The number of aliphatic carboxylic acids is 1. The number of carbonyl (C=O) groups is 2. The molecule has 0 unspecified atom stereocenters. The average Bonchev–Trinajstić information content (AvgIpc) is 2.83. The minimum atomic E-state index is -0.879. The Morgan fingerprint density at radius 1 is 1.59 bits per heavy atom. The third-order valence-electron chi connectivity index (χ3n) is 2.78. The molecule has 0 saturated carbocycles. The van der Waals surface area contributed by atoms with Gasteiger partial charge in [-0.1, -0.05) is 6.07 Å². The number of carboxylic acid groups (broad SMARTS) is 1. The first-order chi connectivity index (χ1) is 8.18. The number of ketones is 1. The second-order valence-corrected chi connectivity index (χ2v) is 4.88. The quantitative estimate of drug-likeness (QED) is 0.756. The van der Waals surface area contributed by atoms with Gasteiger partial charge in [0.1, 0.15) is 6.04 Å². The van der Waals surface area contributed by atoms with Crippen LogP contribution in [0.4, 0.5) is 0 Å². The number of thiophene rings is 1. The standard InChI is InChI=1S/C11H14N2O3S/c14-9(10-2-1-5-17-10)7-13-4-3-12-6-8(13)11(15)16/h1-2,5,8,12H,3-4,6-7H2,(H,15,16)/t8-/m1/s1. The molecule has 2 N–H and O–H groups in total. The third-order valence-corrected chi connectivity index (χ3v) is 3.69. The van der Waals surface area contributed by atoms with E-state index in [4.69, 9.17) is 5.11 Å². The Morgan fingerprint density at radius 2 is 2.41 bits per heavy atom. The molecule has 0 amide bonds. The molecule has 0 spiro atoms. The first-order valence-electron chi connectivity index (χ1n) is 5.43. The van der Waals surface area contributed by atoms with Crippen molar-refractivity contribution in [2.45, 2.75) is 6.04 Å². The largest absolute Gasteiger partial charge is 0.480 e. The molecule has 17 heavy (non-hydrogen) atoms. The third kappa shape index (κ3) is 2.91. The molecule has 0 radical (unpaired) electrons. The van der Waals surface area contributed by atoms with Crippen LogP contribution in [0.5, 0.6) is 0 Å². The van der Waals surface area contributed by atoms with E-state index in [2.05, 4.69) is 5.32 Å². The van der Waals surface area contributed by atoms with Crippen molar-refractivity contribution in [1.82, 2.24) is 10.2 Å². The van der Waals surface area contributed by atoms with Gasteiger partial charge in [-0.15, -0.1) is 11.3 Å². The summed E-state index contributed by atoms with van der Waals surface area (Å²) in [7, 11) is 0. The van der Waals surface area contributed by atoms with Crippen LogP contribution in [0.25, 0.3) is 0 Å². The molecule has 2 rings (SSSR count). The number of piperazine rings is 1. The molecule has 1 aliphatic heterocycles. The highest BCUT2D eigenvalue weighted by molar-refractivity contribution is 7.12. The number of nitrogens with zero attached hydrogens (tertiary/aromatic N) is 1. The Morgan fingerprint density at radius 3 is 3.06 bits per heavy atom. The molecule has 92 valence electrons. The topological polar surface area (TPSA) is 69.6 Å². The Bertz CT molecular complexity index is 405. The zero-order chi connectivity index (χ0) is 12.3. The van der Waals surface area contributed by atoms with Crippen LogP contribution in [0.2, 0.25) is 0 Å². The minimum Gasteiger partial charge on any atom is -0.480 e. The maximum absolute atomic E-state index is 11.9. The van der Waals surface area contributed by atoms with Crippen LogP contribution in [0, 0.1) is 0 Å². The second kappa shape index (κ2) is 5.39. The number of hydrogen-bond acceptors (Lipinski definition) is 5. The van der Waals surface area contributed by atoms with Gasteiger partial charge in [0.2, 0.25) is 0 Å². The maximum atomic E-state index is 11.9. The molecule has 1 atom stereocenters. The summed E-state index contributed by atoms with van der Waals surface area (Å²) in [5.41, 5.74) is 0. The van der Waals surface area contributed by atoms with Crippen LogP contribution in [-0.2, 0) is 4.79 Å². The van der Waals surface area contributed by atoms with Crippen LogP contribution in [-0.4, -0.2) is 54.0 Å². The van der Waals surface area contributed by atoms with Crippen molar-refractivity contribution >= 4 is 23.1 Å². The van der Waals surface area contributed by atoms with E-state index in [1.54, 1.807) is 11.0 Å². The second-order valence-electron chi connectivity index (χ2n) is 3.93. The average molecular weight is 254 g/mol. The van der Waals surface area contributed by atoms with E-state index in [0.717, 1.165) is 6.54 Å². The number of rotatable bonds is 4. The molecule has 1 saturated heterocycles. The molecule has 1 fully saturated rings. The van der Waals surface area contributed by atoms with E-state index in [9.17, 15) is 9.59 Å². The molecule has 1 aliphatic rings. The molecule has 5 nitrogen and oxygen atoms in total. The van der Waals surface area contributed by atoms with Crippen molar-refractivity contribution < 1.29 is 14.7 Å². The summed E-state index contributed by atoms with van der Waals surface area (Å²) in [5, 5.41) is 13.9. The van der Waals surface area contributed by atoms with Crippen LogP contribution in [0.3, 0.4) is 0 Å². The summed E-state index contributed by atoms with van der Waals surface area (Å²) < 4.78 is 0. The van der Waals surface area contributed by atoms with Gasteiger partial charge in [-0.3, -0.25) is 14.5 Å². The molecule has 1 aromatic rings. The van der Waals surface area contributed by atoms with Gasteiger partial charge in [0.15, 0.2) is 5.78 Å². The summed E-state index contributed by atoms with van der Waals surface area (Å²) in [5.74, 6) is -0.885. The summed E-state index contributed by atoms with van der Waals surface area (Å²) >= 11 is 1.39. The Labute approximate surface area is 103 Å². The number of carbonyl (C=O) groups excluding carboxylic acids is 1. The van der Waals surface area contributed by atoms with E-state index in [1.807, 2.05) is 11.4 Å². The zero-order valence-electron chi connectivity index (χ0n) is 9.26. The van der Waals surface area contributed by atoms with Gasteiger partial charge in [-0.05, 0) is 11.4 Å². The van der Waals surface area contributed by atoms with Crippen LogP contribution < -0.4 is 5.32 Å². The lowest BCUT2D eigenvalue weighted by Gasteiger charge is -2.32. The van der Waals surface area contributed by atoms with Gasteiger partial charge in [-0.2, -0.15) is 0 Å². The fraction of sp³-hybridized carbons (Fsp3) is 0.455. The predicted molar refractivity (Wildman–Crippen MR) is 64.5 cm³/mol. The highest BCUT2D eigenvalue weighted by atomic mass is 32.1. The van der Waals surface area contributed by atoms with Crippen molar-refractivity contribution in [3.63, 3.8) is 0 Å². The lowest BCUT2D eigenvalue weighted by Crippen LogP contribution is -2.56. The molecule has 6 heteroatoms. The molecular formula is C11H14N2O3S. The molecular weight excluding hydrogens is 240 g/mol. The highest BCUT2D eigenvalue weighted by Crippen LogP contribution is 2.12. The molecule has 0 aliphatic carbocycles. The Balaban J connectivity index is 2.01. The minimum absolute atomic E-state index is 0.00634. The monoisotopic (exact) mass is 254 g/mol. The first-order valence-corrected chi connectivity index (χ1v) is 6.30. The summed E-state index contributed by atoms with van der Waals surface area (Å²) in [6, 6.07) is 2.99. The van der Waals surface area contributed by atoms with Crippen molar-refractivity contribution in [1.29, 1.82) is 0 Å². The van der Waals surface area contributed by atoms with E-state index in [-0.39, 0.29) is 12.3 Å². The van der Waals surface area contributed by atoms with Crippen LogP contribution in [0.1, 0.15) is 9.67 Å². The number of Topliss-reactive ketones (excluding diaryl/α,β-unsaturated/α-hetero) is 1. The lowest BCUT2D eigenvalue weighted by atomic mass is 10.1. The van der Waals surface area contributed by atoms with Crippen molar-refractivity contribution in [3.8, 4) is 0 Å². The van der Waals surface area contributed by atoms with Gasteiger partial charge in [-0.25, -0.2) is 0 Å². The maximum Gasteiger partial charge on any atom is 0.322 e. The normalized spacial score (nSPS) is 21.3.